The van der Waals surface area contributed by atoms with E-state index in [1.165, 1.54) is 6.92 Å². The van der Waals surface area contributed by atoms with Gasteiger partial charge in [0.2, 0.25) is 5.91 Å². The van der Waals surface area contributed by atoms with Gasteiger partial charge in [0.05, 0.1) is 14.1 Å². The first-order chi connectivity index (χ1) is 5.77. The smallest absolute Gasteiger partial charge is 0.362 e. The molecule has 0 aromatic heterocycles. The maximum absolute atomic E-state index is 10.7. The molecule has 0 aromatic rings. The van der Waals surface area contributed by atoms with E-state index in [9.17, 15) is 9.59 Å². The number of carbonyl (C=O) groups excluding carboxylic acids is 1. The Morgan fingerprint density at radius 1 is 1.46 bits per heavy atom. The van der Waals surface area contributed by atoms with Gasteiger partial charge in [0.1, 0.15) is 0 Å². The Morgan fingerprint density at radius 3 is 2.23 bits per heavy atom. The maximum atomic E-state index is 10.7. The van der Waals surface area contributed by atoms with Crippen molar-refractivity contribution in [3.8, 4) is 0 Å². The lowest BCUT2D eigenvalue weighted by Gasteiger charge is -2.33. The molecule has 0 bridgehead atoms. The molecule has 1 amide bonds. The Hall–Kier alpha value is -1.10. The van der Waals surface area contributed by atoms with Crippen LogP contribution in [-0.2, 0) is 9.59 Å². The third-order valence-electron chi connectivity index (χ3n) is 2.14. The Labute approximate surface area is 77.9 Å². The Kier molecular flexibility index (Phi) is 3.87. The van der Waals surface area contributed by atoms with Crippen LogP contribution in [-0.4, -0.2) is 48.3 Å². The number of hydrogen-bond donors (Lipinski definition) is 2. The standard InChI is InChI=1S/C8H16N2O3/c1-6(8(12)13)10(3,4)5-9-7(2)11/h6H,5H2,1-4H3,(H-,9,11,12,13)/p+1. The zero-order valence-electron chi connectivity index (χ0n) is 8.50. The van der Waals surface area contributed by atoms with E-state index < -0.39 is 12.0 Å². The Bertz CT molecular complexity index is 213. The molecule has 0 fully saturated rings. The second-order valence-corrected chi connectivity index (χ2v) is 3.68. The summed E-state index contributed by atoms with van der Waals surface area (Å²) >= 11 is 0. The summed E-state index contributed by atoms with van der Waals surface area (Å²) in [5, 5.41) is 11.3. The number of quaternary nitrogens is 1. The van der Waals surface area contributed by atoms with Crippen LogP contribution in [0.2, 0.25) is 0 Å². The molecule has 13 heavy (non-hydrogen) atoms. The Morgan fingerprint density at radius 2 is 1.92 bits per heavy atom. The molecule has 1 atom stereocenters. The van der Waals surface area contributed by atoms with Gasteiger partial charge >= 0.3 is 5.97 Å². The van der Waals surface area contributed by atoms with Gasteiger partial charge in [-0.05, 0) is 6.92 Å². The normalized spacial score (nSPS) is 13.5. The van der Waals surface area contributed by atoms with E-state index in [2.05, 4.69) is 5.32 Å². The lowest BCUT2D eigenvalue weighted by atomic mass is 10.3. The van der Waals surface area contributed by atoms with Crippen molar-refractivity contribution in [3.05, 3.63) is 0 Å². The summed E-state index contributed by atoms with van der Waals surface area (Å²) in [6.07, 6.45) is 0. The van der Waals surface area contributed by atoms with Crippen LogP contribution in [0, 0.1) is 0 Å². The number of carbonyl (C=O) groups is 2. The van der Waals surface area contributed by atoms with Crippen LogP contribution in [0.4, 0.5) is 0 Å². The minimum atomic E-state index is -0.865. The molecule has 0 spiro atoms. The first-order valence-corrected chi connectivity index (χ1v) is 4.07. The number of likely N-dealkylation sites (N-methyl/N-ethyl adjacent to an activating group) is 1. The van der Waals surface area contributed by atoms with E-state index in [0.29, 0.717) is 6.67 Å². The van der Waals surface area contributed by atoms with E-state index in [4.69, 9.17) is 5.11 Å². The van der Waals surface area contributed by atoms with Crippen molar-refractivity contribution < 1.29 is 19.2 Å². The SMILES string of the molecule is CC(=O)NC[N+](C)(C)C(C)C(=O)O. The van der Waals surface area contributed by atoms with Gasteiger partial charge in [-0.15, -0.1) is 0 Å². The molecule has 0 rings (SSSR count). The minimum Gasteiger partial charge on any atom is -0.477 e. The van der Waals surface area contributed by atoms with Crippen molar-refractivity contribution in [2.75, 3.05) is 20.8 Å². The fourth-order valence-electron chi connectivity index (χ4n) is 0.751. The summed E-state index contributed by atoms with van der Waals surface area (Å²) in [4.78, 5) is 21.3. The highest BCUT2D eigenvalue weighted by Crippen LogP contribution is 2.04. The quantitative estimate of drug-likeness (QED) is 0.468. The number of nitrogens with one attached hydrogen (secondary N) is 1. The largest absolute Gasteiger partial charge is 0.477 e. The number of carboxylic acids is 1. The summed E-state index contributed by atoms with van der Waals surface area (Å²) in [5.41, 5.74) is 0. The third-order valence-corrected chi connectivity index (χ3v) is 2.14. The molecule has 0 aliphatic carbocycles. The number of nitrogens with zero attached hydrogens (tertiary/aromatic N) is 1. The van der Waals surface area contributed by atoms with Gasteiger partial charge in [-0.2, -0.15) is 0 Å². The molecule has 5 heteroatoms. The highest BCUT2D eigenvalue weighted by atomic mass is 16.4. The summed E-state index contributed by atoms with van der Waals surface area (Å²) in [5.74, 6) is -1.01. The molecule has 0 aliphatic rings. The second kappa shape index (κ2) is 4.23. The van der Waals surface area contributed by atoms with Crippen molar-refractivity contribution in [3.63, 3.8) is 0 Å². The van der Waals surface area contributed by atoms with Crippen LogP contribution in [0.25, 0.3) is 0 Å². The van der Waals surface area contributed by atoms with Gasteiger partial charge in [-0.25, -0.2) is 4.79 Å². The van der Waals surface area contributed by atoms with Crippen LogP contribution in [0.15, 0.2) is 0 Å². The van der Waals surface area contributed by atoms with Gasteiger partial charge in [0.25, 0.3) is 0 Å². The third kappa shape index (κ3) is 3.89. The maximum Gasteiger partial charge on any atom is 0.362 e. The zero-order chi connectivity index (χ0) is 10.6. The summed E-state index contributed by atoms with van der Waals surface area (Å²) in [7, 11) is 3.52. The highest BCUT2D eigenvalue weighted by molar-refractivity contribution is 5.73. The predicted octanol–water partition coefficient (Wildman–Crippen LogP) is -0.370. The van der Waals surface area contributed by atoms with E-state index in [1.807, 2.05) is 0 Å². The highest BCUT2D eigenvalue weighted by Gasteiger charge is 2.30. The van der Waals surface area contributed by atoms with Crippen LogP contribution in [0.1, 0.15) is 13.8 Å². The molecule has 0 heterocycles. The average molecular weight is 189 g/mol. The van der Waals surface area contributed by atoms with Crippen LogP contribution in [0.5, 0.6) is 0 Å². The first-order valence-electron chi connectivity index (χ1n) is 4.07. The van der Waals surface area contributed by atoms with Crippen molar-refractivity contribution in [1.82, 2.24) is 5.32 Å². The molecular formula is C8H17N2O3+. The fraction of sp³-hybridized carbons (Fsp3) is 0.750. The van der Waals surface area contributed by atoms with Crippen LogP contribution in [0.3, 0.4) is 0 Å². The molecular weight excluding hydrogens is 172 g/mol. The van der Waals surface area contributed by atoms with Crippen molar-refractivity contribution in [1.29, 1.82) is 0 Å². The molecule has 0 radical (unpaired) electrons. The van der Waals surface area contributed by atoms with E-state index >= 15 is 0 Å². The summed E-state index contributed by atoms with van der Waals surface area (Å²) in [6, 6.07) is -0.535. The van der Waals surface area contributed by atoms with Gasteiger partial charge in [0, 0.05) is 6.92 Å². The van der Waals surface area contributed by atoms with E-state index in [0.717, 1.165) is 0 Å². The number of hydrogen-bond acceptors (Lipinski definition) is 2. The minimum absolute atomic E-state index is 0.149. The van der Waals surface area contributed by atoms with E-state index in [-0.39, 0.29) is 10.4 Å². The molecule has 1 unspecified atom stereocenters. The van der Waals surface area contributed by atoms with E-state index in [1.54, 1.807) is 21.0 Å². The zero-order valence-corrected chi connectivity index (χ0v) is 8.50. The van der Waals surface area contributed by atoms with Crippen molar-refractivity contribution in [2.45, 2.75) is 19.9 Å². The molecule has 0 saturated heterocycles. The second-order valence-electron chi connectivity index (χ2n) is 3.68. The van der Waals surface area contributed by atoms with Crippen molar-refractivity contribution in [2.24, 2.45) is 0 Å². The van der Waals surface area contributed by atoms with Gasteiger partial charge in [0.15, 0.2) is 12.7 Å². The number of amides is 1. The molecule has 2 N–H and O–H groups in total. The monoisotopic (exact) mass is 189 g/mol. The lowest BCUT2D eigenvalue weighted by Crippen LogP contribution is -2.56. The Balaban J connectivity index is 4.21. The van der Waals surface area contributed by atoms with Gasteiger partial charge < -0.3 is 14.9 Å². The number of rotatable bonds is 4. The summed E-state index contributed by atoms with van der Waals surface area (Å²) in [6.45, 7) is 3.35. The van der Waals surface area contributed by atoms with Gasteiger partial charge in [-0.1, -0.05) is 0 Å². The molecule has 0 aromatic carbocycles. The average Bonchev–Trinajstić information content (AvgIpc) is 1.99. The fourth-order valence-corrected chi connectivity index (χ4v) is 0.751. The number of carboxylic acid groups (broad SMARTS) is 1. The van der Waals surface area contributed by atoms with Crippen LogP contribution >= 0.6 is 0 Å². The molecule has 76 valence electrons. The molecule has 5 nitrogen and oxygen atoms in total. The van der Waals surface area contributed by atoms with Crippen LogP contribution < -0.4 is 5.32 Å². The van der Waals surface area contributed by atoms with Gasteiger partial charge in [-0.3, -0.25) is 4.79 Å². The van der Waals surface area contributed by atoms with Crippen molar-refractivity contribution >= 4 is 11.9 Å². The molecule has 0 saturated carbocycles. The molecule has 0 aliphatic heterocycles. The predicted molar refractivity (Wildman–Crippen MR) is 47.9 cm³/mol. The first kappa shape index (κ1) is 11.9. The topological polar surface area (TPSA) is 66.4 Å². The summed E-state index contributed by atoms with van der Waals surface area (Å²) < 4.78 is 0.231. The number of aliphatic carboxylic acids is 1. The lowest BCUT2D eigenvalue weighted by molar-refractivity contribution is -0.906.